The van der Waals surface area contributed by atoms with E-state index >= 15 is 0 Å². The topological polar surface area (TPSA) is 43.1 Å². The van der Waals surface area contributed by atoms with Crippen LogP contribution >= 0.6 is 0 Å². The standard InChI is InChI=1S/C13H8F3NO2/c14-13(15,16)12-7-6-10(17(18)19)8-11(12)9-4-2-1-3-5-9/h1-8H. The van der Waals surface area contributed by atoms with Gasteiger partial charge in [-0.15, -0.1) is 0 Å². The lowest BCUT2D eigenvalue weighted by Gasteiger charge is -2.12. The number of nitro groups is 1. The largest absolute Gasteiger partial charge is 0.417 e. The van der Waals surface area contributed by atoms with Gasteiger partial charge < -0.3 is 0 Å². The molecule has 0 heterocycles. The van der Waals surface area contributed by atoms with Crippen LogP contribution in [0.2, 0.25) is 0 Å². The Morgan fingerprint density at radius 3 is 2.16 bits per heavy atom. The van der Waals surface area contributed by atoms with Crippen molar-refractivity contribution in [3.8, 4) is 11.1 Å². The van der Waals surface area contributed by atoms with Crippen LogP contribution in [0.25, 0.3) is 11.1 Å². The van der Waals surface area contributed by atoms with Crippen molar-refractivity contribution < 1.29 is 18.1 Å². The van der Waals surface area contributed by atoms with Gasteiger partial charge in [0.2, 0.25) is 0 Å². The molecule has 19 heavy (non-hydrogen) atoms. The van der Waals surface area contributed by atoms with Gasteiger partial charge in [0.05, 0.1) is 10.5 Å². The first kappa shape index (κ1) is 13.1. The van der Waals surface area contributed by atoms with Crippen LogP contribution in [0.1, 0.15) is 5.56 Å². The number of alkyl halides is 3. The number of benzene rings is 2. The number of rotatable bonds is 2. The van der Waals surface area contributed by atoms with E-state index in [9.17, 15) is 23.3 Å². The molecule has 0 aromatic heterocycles. The molecular weight excluding hydrogens is 259 g/mol. The van der Waals surface area contributed by atoms with Crippen LogP contribution < -0.4 is 0 Å². The van der Waals surface area contributed by atoms with E-state index < -0.39 is 16.7 Å². The van der Waals surface area contributed by atoms with E-state index in [0.717, 1.165) is 18.2 Å². The Balaban J connectivity index is 2.67. The van der Waals surface area contributed by atoms with Gasteiger partial charge in [-0.3, -0.25) is 10.1 Å². The van der Waals surface area contributed by atoms with Crippen LogP contribution in [0.5, 0.6) is 0 Å². The molecule has 0 aliphatic rings. The van der Waals surface area contributed by atoms with Crippen molar-refractivity contribution >= 4 is 5.69 Å². The summed E-state index contributed by atoms with van der Waals surface area (Å²) < 4.78 is 38.7. The minimum absolute atomic E-state index is 0.192. The van der Waals surface area contributed by atoms with Crippen LogP contribution in [0, 0.1) is 10.1 Å². The molecule has 2 aromatic rings. The minimum Gasteiger partial charge on any atom is -0.258 e. The van der Waals surface area contributed by atoms with Gasteiger partial charge in [-0.05, 0) is 11.6 Å². The maximum Gasteiger partial charge on any atom is 0.417 e. The Kier molecular flexibility index (Phi) is 3.25. The summed E-state index contributed by atoms with van der Waals surface area (Å²) in [5, 5.41) is 10.7. The van der Waals surface area contributed by atoms with Crippen LogP contribution in [0.15, 0.2) is 48.5 Å². The smallest absolute Gasteiger partial charge is 0.258 e. The molecule has 0 atom stereocenters. The Morgan fingerprint density at radius 2 is 1.63 bits per heavy atom. The van der Waals surface area contributed by atoms with Crippen LogP contribution in [-0.2, 0) is 6.18 Å². The molecule has 2 rings (SSSR count). The van der Waals surface area contributed by atoms with E-state index in [-0.39, 0.29) is 11.3 Å². The normalized spacial score (nSPS) is 11.3. The highest BCUT2D eigenvalue weighted by Gasteiger charge is 2.34. The zero-order chi connectivity index (χ0) is 14.0. The van der Waals surface area contributed by atoms with Gasteiger partial charge in [0, 0.05) is 17.7 Å². The summed E-state index contributed by atoms with van der Waals surface area (Å²) in [5.74, 6) is 0. The van der Waals surface area contributed by atoms with Crippen LogP contribution in [-0.4, -0.2) is 4.92 Å². The molecule has 2 aromatic carbocycles. The molecule has 3 nitrogen and oxygen atoms in total. The van der Waals surface area contributed by atoms with E-state index in [0.29, 0.717) is 5.56 Å². The van der Waals surface area contributed by atoms with Crippen molar-refractivity contribution in [2.24, 2.45) is 0 Å². The highest BCUT2D eigenvalue weighted by molar-refractivity contribution is 5.70. The third-order valence-electron chi connectivity index (χ3n) is 2.60. The molecule has 0 spiro atoms. The molecule has 98 valence electrons. The molecular formula is C13H8F3NO2. The van der Waals surface area contributed by atoms with Crippen molar-refractivity contribution in [3.63, 3.8) is 0 Å². The second-order valence-corrected chi connectivity index (χ2v) is 3.85. The summed E-state index contributed by atoms with van der Waals surface area (Å²) in [6.45, 7) is 0. The van der Waals surface area contributed by atoms with Gasteiger partial charge in [-0.2, -0.15) is 13.2 Å². The number of hydrogen-bond acceptors (Lipinski definition) is 2. The molecule has 0 N–H and O–H groups in total. The van der Waals surface area contributed by atoms with Crippen molar-refractivity contribution in [1.82, 2.24) is 0 Å². The van der Waals surface area contributed by atoms with Crippen molar-refractivity contribution in [3.05, 3.63) is 64.2 Å². The monoisotopic (exact) mass is 267 g/mol. The molecule has 0 fully saturated rings. The Bertz CT molecular complexity index is 609. The van der Waals surface area contributed by atoms with Crippen molar-refractivity contribution in [2.45, 2.75) is 6.18 Å². The Labute approximate surface area is 106 Å². The summed E-state index contributed by atoms with van der Waals surface area (Å²) in [6.07, 6.45) is -4.56. The third-order valence-corrected chi connectivity index (χ3v) is 2.60. The fraction of sp³-hybridized carbons (Fsp3) is 0.0769. The summed E-state index contributed by atoms with van der Waals surface area (Å²) >= 11 is 0. The fourth-order valence-corrected chi connectivity index (χ4v) is 1.75. The van der Waals surface area contributed by atoms with Gasteiger partial charge in [0.15, 0.2) is 0 Å². The lowest BCUT2D eigenvalue weighted by atomic mass is 9.98. The zero-order valence-corrected chi connectivity index (χ0v) is 9.52. The molecule has 0 radical (unpaired) electrons. The summed E-state index contributed by atoms with van der Waals surface area (Å²) in [4.78, 5) is 9.95. The van der Waals surface area contributed by atoms with Gasteiger partial charge in [0.1, 0.15) is 0 Å². The molecule has 0 aliphatic heterocycles. The predicted octanol–water partition coefficient (Wildman–Crippen LogP) is 4.28. The van der Waals surface area contributed by atoms with Crippen molar-refractivity contribution in [1.29, 1.82) is 0 Å². The average Bonchev–Trinajstić information content (AvgIpc) is 2.38. The molecule has 0 unspecified atom stereocenters. The quantitative estimate of drug-likeness (QED) is 0.602. The van der Waals surface area contributed by atoms with E-state index in [2.05, 4.69) is 0 Å². The number of hydrogen-bond donors (Lipinski definition) is 0. The summed E-state index contributed by atoms with van der Waals surface area (Å²) in [7, 11) is 0. The SMILES string of the molecule is O=[N+]([O-])c1ccc(C(F)(F)F)c(-c2ccccc2)c1. The van der Waals surface area contributed by atoms with E-state index in [1.807, 2.05) is 0 Å². The number of non-ortho nitro benzene ring substituents is 1. The molecule has 0 aliphatic carbocycles. The Morgan fingerprint density at radius 1 is 1.00 bits per heavy atom. The first-order valence-corrected chi connectivity index (χ1v) is 5.30. The zero-order valence-electron chi connectivity index (χ0n) is 9.52. The molecule has 0 amide bonds. The minimum atomic E-state index is -4.56. The number of nitrogens with zero attached hydrogens (tertiary/aromatic N) is 1. The maximum atomic E-state index is 12.9. The highest BCUT2D eigenvalue weighted by atomic mass is 19.4. The second-order valence-electron chi connectivity index (χ2n) is 3.85. The molecule has 6 heteroatoms. The second kappa shape index (κ2) is 4.72. The van der Waals surface area contributed by atoms with E-state index in [1.165, 1.54) is 12.1 Å². The number of halogens is 3. The summed E-state index contributed by atoms with van der Waals surface area (Å²) in [6, 6.07) is 10.3. The summed E-state index contributed by atoms with van der Waals surface area (Å²) in [5.41, 5.74) is -1.16. The van der Waals surface area contributed by atoms with E-state index in [1.54, 1.807) is 18.2 Å². The van der Waals surface area contributed by atoms with Crippen molar-refractivity contribution in [2.75, 3.05) is 0 Å². The first-order chi connectivity index (χ1) is 8.89. The van der Waals surface area contributed by atoms with Crippen LogP contribution in [0.4, 0.5) is 18.9 Å². The number of nitro benzene ring substituents is 1. The lowest BCUT2D eigenvalue weighted by Crippen LogP contribution is -2.07. The van der Waals surface area contributed by atoms with Crippen LogP contribution in [0.3, 0.4) is 0 Å². The lowest BCUT2D eigenvalue weighted by molar-refractivity contribution is -0.384. The highest BCUT2D eigenvalue weighted by Crippen LogP contribution is 2.38. The molecule has 0 saturated heterocycles. The predicted molar refractivity (Wildman–Crippen MR) is 63.5 cm³/mol. The average molecular weight is 267 g/mol. The Hall–Kier alpha value is -2.37. The van der Waals surface area contributed by atoms with E-state index in [4.69, 9.17) is 0 Å². The van der Waals surface area contributed by atoms with Gasteiger partial charge in [-0.25, -0.2) is 0 Å². The third kappa shape index (κ3) is 2.73. The fourth-order valence-electron chi connectivity index (χ4n) is 1.75. The van der Waals surface area contributed by atoms with Gasteiger partial charge in [-0.1, -0.05) is 30.3 Å². The molecule has 0 saturated carbocycles. The molecule has 0 bridgehead atoms. The van der Waals surface area contributed by atoms with Gasteiger partial charge >= 0.3 is 6.18 Å². The maximum absolute atomic E-state index is 12.9. The first-order valence-electron chi connectivity index (χ1n) is 5.30. The van der Waals surface area contributed by atoms with Gasteiger partial charge in [0.25, 0.3) is 5.69 Å².